The molecule has 0 aliphatic carbocycles. The molecule has 0 amide bonds. The Labute approximate surface area is 65.4 Å². The summed E-state index contributed by atoms with van der Waals surface area (Å²) in [5.41, 5.74) is 0. The van der Waals surface area contributed by atoms with Gasteiger partial charge in [-0.3, -0.25) is 0 Å². The highest BCUT2D eigenvalue weighted by Gasteiger charge is 2.07. The first-order chi connectivity index (χ1) is 4.75. The van der Waals surface area contributed by atoms with Crippen LogP contribution in [0.15, 0.2) is 10.9 Å². The van der Waals surface area contributed by atoms with Crippen molar-refractivity contribution in [3.05, 3.63) is 16.7 Å². The van der Waals surface area contributed by atoms with E-state index in [2.05, 4.69) is 30.6 Å². The van der Waals surface area contributed by atoms with Gasteiger partial charge >= 0.3 is 0 Å². The fourth-order valence-electron chi connectivity index (χ4n) is 0.476. The van der Waals surface area contributed by atoms with E-state index in [0.29, 0.717) is 0 Å². The summed E-state index contributed by atoms with van der Waals surface area (Å²) in [4.78, 5) is 7.06. The Bertz CT molecular complexity index is 243. The number of aromatic nitrogens is 2. The molecule has 0 fully saturated rings. The SMILES string of the molecule is COc1ncnc(Br)c1F. The van der Waals surface area contributed by atoms with Gasteiger partial charge in [-0.05, 0) is 15.9 Å². The Morgan fingerprint density at radius 1 is 1.60 bits per heavy atom. The lowest BCUT2D eigenvalue weighted by Crippen LogP contribution is -1.93. The van der Waals surface area contributed by atoms with Gasteiger partial charge in [0.2, 0.25) is 5.82 Å². The van der Waals surface area contributed by atoms with Gasteiger partial charge in [0.1, 0.15) is 10.9 Å². The van der Waals surface area contributed by atoms with E-state index in [4.69, 9.17) is 0 Å². The van der Waals surface area contributed by atoms with E-state index < -0.39 is 5.82 Å². The zero-order valence-electron chi connectivity index (χ0n) is 5.14. The Morgan fingerprint density at radius 3 is 2.80 bits per heavy atom. The van der Waals surface area contributed by atoms with Gasteiger partial charge in [-0.2, -0.15) is 9.37 Å². The number of nitrogens with zero attached hydrogens (tertiary/aromatic N) is 2. The molecule has 0 aliphatic rings. The number of hydrogen-bond acceptors (Lipinski definition) is 3. The second-order valence-electron chi connectivity index (χ2n) is 1.49. The molecule has 0 unspecified atom stereocenters. The van der Waals surface area contributed by atoms with Crippen LogP contribution >= 0.6 is 15.9 Å². The number of rotatable bonds is 1. The highest BCUT2D eigenvalue weighted by Crippen LogP contribution is 2.18. The van der Waals surface area contributed by atoms with Crippen LogP contribution in [0.2, 0.25) is 0 Å². The molecule has 0 aromatic carbocycles. The van der Waals surface area contributed by atoms with Crippen molar-refractivity contribution in [1.29, 1.82) is 0 Å². The molecule has 0 atom stereocenters. The van der Waals surface area contributed by atoms with E-state index >= 15 is 0 Å². The molecule has 0 bridgehead atoms. The molecular weight excluding hydrogens is 203 g/mol. The summed E-state index contributed by atoms with van der Waals surface area (Å²) in [5, 5.41) is 0. The first kappa shape index (κ1) is 7.40. The first-order valence-corrected chi connectivity index (χ1v) is 3.25. The van der Waals surface area contributed by atoms with Gasteiger partial charge in [0.25, 0.3) is 5.88 Å². The van der Waals surface area contributed by atoms with Crippen LogP contribution in [0.5, 0.6) is 5.88 Å². The average molecular weight is 207 g/mol. The number of halogens is 2. The van der Waals surface area contributed by atoms with Crippen molar-refractivity contribution >= 4 is 15.9 Å². The first-order valence-electron chi connectivity index (χ1n) is 2.45. The van der Waals surface area contributed by atoms with Crippen molar-refractivity contribution in [2.75, 3.05) is 7.11 Å². The van der Waals surface area contributed by atoms with Crippen molar-refractivity contribution in [2.45, 2.75) is 0 Å². The maximum atomic E-state index is 12.7. The minimum atomic E-state index is -0.579. The molecule has 0 radical (unpaired) electrons. The third kappa shape index (κ3) is 1.23. The van der Waals surface area contributed by atoms with Crippen LogP contribution in [0.4, 0.5) is 4.39 Å². The lowest BCUT2D eigenvalue weighted by molar-refractivity contribution is 0.365. The van der Waals surface area contributed by atoms with E-state index in [1.54, 1.807) is 0 Å². The average Bonchev–Trinajstić information content (AvgIpc) is 1.95. The van der Waals surface area contributed by atoms with Gasteiger partial charge in [-0.25, -0.2) is 4.98 Å². The quantitative estimate of drug-likeness (QED) is 0.652. The van der Waals surface area contributed by atoms with Gasteiger partial charge < -0.3 is 4.74 Å². The highest BCUT2D eigenvalue weighted by molar-refractivity contribution is 9.10. The highest BCUT2D eigenvalue weighted by atomic mass is 79.9. The molecule has 0 aliphatic heterocycles. The summed E-state index contributed by atoms with van der Waals surface area (Å²) in [6.45, 7) is 0. The topological polar surface area (TPSA) is 35.0 Å². The summed E-state index contributed by atoms with van der Waals surface area (Å²) in [6, 6.07) is 0. The lowest BCUT2D eigenvalue weighted by Gasteiger charge is -1.98. The van der Waals surface area contributed by atoms with Crippen LogP contribution in [0.1, 0.15) is 0 Å². The van der Waals surface area contributed by atoms with Crippen LogP contribution < -0.4 is 4.74 Å². The fourth-order valence-corrected chi connectivity index (χ4v) is 0.737. The Morgan fingerprint density at radius 2 is 2.30 bits per heavy atom. The van der Waals surface area contributed by atoms with Crippen LogP contribution in [0, 0.1) is 5.82 Å². The number of methoxy groups -OCH3 is 1. The number of ether oxygens (including phenoxy) is 1. The molecule has 1 aromatic heterocycles. The Balaban J connectivity index is 3.14. The molecule has 10 heavy (non-hydrogen) atoms. The maximum Gasteiger partial charge on any atom is 0.254 e. The molecule has 0 saturated carbocycles. The van der Waals surface area contributed by atoms with Gasteiger partial charge in [-0.1, -0.05) is 0 Å². The minimum Gasteiger partial charge on any atom is -0.479 e. The Hall–Kier alpha value is -0.710. The van der Waals surface area contributed by atoms with Crippen molar-refractivity contribution in [3.63, 3.8) is 0 Å². The molecule has 5 heteroatoms. The second-order valence-corrected chi connectivity index (χ2v) is 2.24. The van der Waals surface area contributed by atoms with Gasteiger partial charge in [0.05, 0.1) is 7.11 Å². The van der Waals surface area contributed by atoms with Crippen molar-refractivity contribution in [2.24, 2.45) is 0 Å². The van der Waals surface area contributed by atoms with Gasteiger partial charge in [0, 0.05) is 0 Å². The predicted octanol–water partition coefficient (Wildman–Crippen LogP) is 1.39. The van der Waals surface area contributed by atoms with Crippen LogP contribution in [-0.2, 0) is 0 Å². The van der Waals surface area contributed by atoms with E-state index in [-0.39, 0.29) is 10.5 Å². The Kier molecular flexibility index (Phi) is 2.16. The monoisotopic (exact) mass is 206 g/mol. The lowest BCUT2D eigenvalue weighted by atomic mass is 10.6. The third-order valence-corrected chi connectivity index (χ3v) is 1.46. The van der Waals surface area contributed by atoms with Gasteiger partial charge in [-0.15, -0.1) is 0 Å². The van der Waals surface area contributed by atoms with E-state index in [1.165, 1.54) is 13.4 Å². The zero-order chi connectivity index (χ0) is 7.56. The van der Waals surface area contributed by atoms with Crippen molar-refractivity contribution in [3.8, 4) is 5.88 Å². The third-order valence-electron chi connectivity index (χ3n) is 0.908. The summed E-state index contributed by atoms with van der Waals surface area (Å²) < 4.78 is 17.4. The van der Waals surface area contributed by atoms with Gasteiger partial charge in [0.15, 0.2) is 0 Å². The fraction of sp³-hybridized carbons (Fsp3) is 0.200. The molecular formula is C5H4BrFN2O. The molecule has 3 nitrogen and oxygen atoms in total. The molecule has 0 N–H and O–H groups in total. The van der Waals surface area contributed by atoms with Crippen molar-refractivity contribution < 1.29 is 9.13 Å². The summed E-state index contributed by atoms with van der Waals surface area (Å²) in [6.07, 6.45) is 1.21. The molecule has 1 heterocycles. The normalized spacial score (nSPS) is 9.50. The molecule has 0 saturated heterocycles. The molecule has 0 spiro atoms. The number of hydrogen-bond donors (Lipinski definition) is 0. The maximum absolute atomic E-state index is 12.7. The van der Waals surface area contributed by atoms with Crippen molar-refractivity contribution in [1.82, 2.24) is 9.97 Å². The van der Waals surface area contributed by atoms with E-state index in [1.807, 2.05) is 0 Å². The summed E-state index contributed by atoms with van der Waals surface area (Å²) in [5.74, 6) is -0.633. The summed E-state index contributed by atoms with van der Waals surface area (Å²) in [7, 11) is 1.35. The smallest absolute Gasteiger partial charge is 0.254 e. The largest absolute Gasteiger partial charge is 0.479 e. The molecule has 1 rings (SSSR count). The van der Waals surface area contributed by atoms with E-state index in [9.17, 15) is 4.39 Å². The van der Waals surface area contributed by atoms with Crippen LogP contribution in [0.25, 0.3) is 0 Å². The minimum absolute atomic E-state index is 0.0538. The molecule has 1 aromatic rings. The standard InChI is InChI=1S/C5H4BrFN2O/c1-10-5-3(7)4(6)8-2-9-5/h2H,1H3. The second kappa shape index (κ2) is 2.92. The van der Waals surface area contributed by atoms with Crippen LogP contribution in [0.3, 0.4) is 0 Å². The molecule has 54 valence electrons. The predicted molar refractivity (Wildman–Crippen MR) is 36.2 cm³/mol. The zero-order valence-corrected chi connectivity index (χ0v) is 6.72. The van der Waals surface area contributed by atoms with E-state index in [0.717, 1.165) is 0 Å². The van der Waals surface area contributed by atoms with Crippen LogP contribution in [-0.4, -0.2) is 17.1 Å². The summed E-state index contributed by atoms with van der Waals surface area (Å²) >= 11 is 2.88.